The molecule has 0 bridgehead atoms. The van der Waals surface area contributed by atoms with E-state index in [9.17, 15) is 9.90 Å². The number of carbonyl (C=O) groups excluding carboxylic acids is 1. The molecule has 1 aliphatic heterocycles. The van der Waals surface area contributed by atoms with Gasteiger partial charge in [0.2, 0.25) is 5.91 Å². The molecule has 1 amide bonds. The molecule has 1 heterocycles. The van der Waals surface area contributed by atoms with Gasteiger partial charge in [-0.25, -0.2) is 0 Å². The smallest absolute Gasteiger partial charge is 0.234 e. The number of hydrogen-bond acceptors (Lipinski definition) is 3. The predicted octanol–water partition coefficient (Wildman–Crippen LogP) is 2.74. The fourth-order valence-electron chi connectivity index (χ4n) is 3.43. The van der Waals surface area contributed by atoms with Crippen LogP contribution in [0.25, 0.3) is 0 Å². The van der Waals surface area contributed by atoms with Gasteiger partial charge in [-0.15, -0.1) is 0 Å². The monoisotopic (exact) mass is 318 g/mol. The molecular weight excluding hydrogens is 288 g/mol. The Kier molecular flexibility index (Phi) is 6.60. The van der Waals surface area contributed by atoms with E-state index >= 15 is 0 Å². The zero-order valence-electron chi connectivity index (χ0n) is 14.4. The van der Waals surface area contributed by atoms with Crippen LogP contribution in [-0.4, -0.2) is 42.2 Å². The van der Waals surface area contributed by atoms with Crippen LogP contribution in [0.4, 0.5) is 0 Å². The molecule has 2 atom stereocenters. The lowest BCUT2D eigenvalue weighted by molar-refractivity contribution is -0.124. The molecule has 4 nitrogen and oxygen atoms in total. The molecule has 0 spiro atoms. The van der Waals surface area contributed by atoms with E-state index in [0.717, 1.165) is 38.8 Å². The summed E-state index contributed by atoms with van der Waals surface area (Å²) < 4.78 is 0. The minimum Gasteiger partial charge on any atom is -0.396 e. The Morgan fingerprint density at radius 1 is 1.39 bits per heavy atom. The topological polar surface area (TPSA) is 52.6 Å². The molecule has 128 valence electrons. The van der Waals surface area contributed by atoms with E-state index in [1.165, 1.54) is 5.56 Å². The summed E-state index contributed by atoms with van der Waals surface area (Å²) in [6.45, 7) is 6.57. The highest BCUT2D eigenvalue weighted by Crippen LogP contribution is 2.28. The van der Waals surface area contributed by atoms with E-state index in [1.807, 2.05) is 18.2 Å². The molecule has 1 aromatic rings. The van der Waals surface area contributed by atoms with Crippen molar-refractivity contribution in [2.75, 3.05) is 26.2 Å². The van der Waals surface area contributed by atoms with Crippen LogP contribution in [0, 0.1) is 5.41 Å². The SMILES string of the molecule is CCCC(NC(=O)CN1CCCC(C)(CO)C1)c1ccccc1. The van der Waals surface area contributed by atoms with Gasteiger partial charge < -0.3 is 10.4 Å². The van der Waals surface area contributed by atoms with Crippen molar-refractivity contribution in [3.8, 4) is 0 Å². The Morgan fingerprint density at radius 3 is 2.78 bits per heavy atom. The lowest BCUT2D eigenvalue weighted by Gasteiger charge is -2.39. The summed E-state index contributed by atoms with van der Waals surface area (Å²) in [5.74, 6) is 0.0782. The third kappa shape index (κ3) is 5.33. The van der Waals surface area contributed by atoms with Gasteiger partial charge in [-0.3, -0.25) is 9.69 Å². The maximum Gasteiger partial charge on any atom is 0.234 e. The minimum absolute atomic E-state index is 0.0687. The third-order valence-electron chi connectivity index (χ3n) is 4.72. The van der Waals surface area contributed by atoms with E-state index in [-0.39, 0.29) is 24.0 Å². The van der Waals surface area contributed by atoms with Gasteiger partial charge in [-0.1, -0.05) is 50.6 Å². The van der Waals surface area contributed by atoms with Crippen molar-refractivity contribution in [3.63, 3.8) is 0 Å². The third-order valence-corrected chi connectivity index (χ3v) is 4.72. The average molecular weight is 318 g/mol. The second kappa shape index (κ2) is 8.46. The number of aliphatic hydroxyl groups excluding tert-OH is 1. The number of benzene rings is 1. The van der Waals surface area contributed by atoms with Crippen molar-refractivity contribution in [1.82, 2.24) is 10.2 Å². The molecule has 23 heavy (non-hydrogen) atoms. The summed E-state index contributed by atoms with van der Waals surface area (Å²) in [7, 11) is 0. The molecule has 1 fully saturated rings. The Balaban J connectivity index is 1.92. The van der Waals surface area contributed by atoms with Crippen LogP contribution >= 0.6 is 0 Å². The molecule has 0 radical (unpaired) electrons. The zero-order chi connectivity index (χ0) is 16.7. The molecule has 2 unspecified atom stereocenters. The van der Waals surface area contributed by atoms with E-state index in [4.69, 9.17) is 0 Å². The molecule has 4 heteroatoms. The highest BCUT2D eigenvalue weighted by molar-refractivity contribution is 5.78. The number of rotatable bonds is 7. The maximum absolute atomic E-state index is 12.5. The van der Waals surface area contributed by atoms with Crippen molar-refractivity contribution < 1.29 is 9.90 Å². The van der Waals surface area contributed by atoms with Gasteiger partial charge in [-0.05, 0) is 31.4 Å². The van der Waals surface area contributed by atoms with Crippen LogP contribution in [-0.2, 0) is 4.79 Å². The second-order valence-electron chi connectivity index (χ2n) is 7.10. The molecule has 1 aliphatic rings. The van der Waals surface area contributed by atoms with Crippen LogP contribution in [0.15, 0.2) is 30.3 Å². The molecular formula is C19H30N2O2. The molecule has 1 saturated heterocycles. The van der Waals surface area contributed by atoms with Gasteiger partial charge in [0.1, 0.15) is 0 Å². The van der Waals surface area contributed by atoms with Crippen LogP contribution in [0.1, 0.15) is 51.1 Å². The van der Waals surface area contributed by atoms with Gasteiger partial charge in [-0.2, -0.15) is 0 Å². The quantitative estimate of drug-likeness (QED) is 0.813. The Hall–Kier alpha value is -1.39. The number of likely N-dealkylation sites (tertiary alicyclic amines) is 1. The highest BCUT2D eigenvalue weighted by Gasteiger charge is 2.31. The normalized spacial score (nSPS) is 23.4. The molecule has 0 aliphatic carbocycles. The van der Waals surface area contributed by atoms with E-state index in [2.05, 4.69) is 36.2 Å². The first-order chi connectivity index (χ1) is 11.1. The Labute approximate surface area is 139 Å². The molecule has 1 aromatic carbocycles. The summed E-state index contributed by atoms with van der Waals surface area (Å²) in [6, 6.07) is 10.3. The lowest BCUT2D eigenvalue weighted by Crippen LogP contribution is -2.47. The van der Waals surface area contributed by atoms with Crippen LogP contribution in [0.5, 0.6) is 0 Å². The van der Waals surface area contributed by atoms with Gasteiger partial charge in [0.15, 0.2) is 0 Å². The van der Waals surface area contributed by atoms with E-state index < -0.39 is 0 Å². The number of nitrogens with one attached hydrogen (secondary N) is 1. The Bertz CT molecular complexity index is 491. The standard InChI is InChI=1S/C19H30N2O2/c1-3-8-17(16-9-5-4-6-10-16)20-18(23)13-21-12-7-11-19(2,14-21)15-22/h4-6,9-10,17,22H,3,7-8,11-15H2,1-2H3,(H,20,23). The summed E-state index contributed by atoms with van der Waals surface area (Å²) in [6.07, 6.45) is 4.06. The van der Waals surface area contributed by atoms with Crippen molar-refractivity contribution in [2.45, 2.75) is 45.6 Å². The van der Waals surface area contributed by atoms with Gasteiger partial charge in [0, 0.05) is 18.6 Å². The molecule has 2 N–H and O–H groups in total. The molecule has 0 aromatic heterocycles. The molecule has 0 saturated carbocycles. The zero-order valence-corrected chi connectivity index (χ0v) is 14.4. The van der Waals surface area contributed by atoms with Crippen molar-refractivity contribution in [1.29, 1.82) is 0 Å². The number of nitrogens with zero attached hydrogens (tertiary/aromatic N) is 1. The first kappa shape index (κ1) is 18.0. The van der Waals surface area contributed by atoms with Crippen LogP contribution in [0.3, 0.4) is 0 Å². The fraction of sp³-hybridized carbons (Fsp3) is 0.632. The number of carbonyl (C=O) groups is 1. The van der Waals surface area contributed by atoms with Crippen LogP contribution in [0.2, 0.25) is 0 Å². The fourth-order valence-corrected chi connectivity index (χ4v) is 3.43. The van der Waals surface area contributed by atoms with Crippen molar-refractivity contribution >= 4 is 5.91 Å². The predicted molar refractivity (Wildman–Crippen MR) is 93.1 cm³/mol. The van der Waals surface area contributed by atoms with Gasteiger partial charge in [0.05, 0.1) is 12.6 Å². The highest BCUT2D eigenvalue weighted by atomic mass is 16.3. The first-order valence-electron chi connectivity index (χ1n) is 8.74. The maximum atomic E-state index is 12.5. The number of hydrogen-bond donors (Lipinski definition) is 2. The number of aliphatic hydroxyl groups is 1. The largest absolute Gasteiger partial charge is 0.396 e. The summed E-state index contributed by atoms with van der Waals surface area (Å²) in [5.41, 5.74) is 1.10. The molecule has 2 rings (SSSR count). The summed E-state index contributed by atoms with van der Waals surface area (Å²) >= 11 is 0. The van der Waals surface area contributed by atoms with Crippen molar-refractivity contribution in [3.05, 3.63) is 35.9 Å². The lowest BCUT2D eigenvalue weighted by atomic mass is 9.83. The first-order valence-corrected chi connectivity index (χ1v) is 8.74. The van der Waals surface area contributed by atoms with Gasteiger partial charge >= 0.3 is 0 Å². The Morgan fingerprint density at radius 2 is 2.13 bits per heavy atom. The van der Waals surface area contributed by atoms with Gasteiger partial charge in [0.25, 0.3) is 0 Å². The van der Waals surface area contributed by atoms with Crippen molar-refractivity contribution in [2.24, 2.45) is 5.41 Å². The van der Waals surface area contributed by atoms with E-state index in [1.54, 1.807) is 0 Å². The van der Waals surface area contributed by atoms with E-state index in [0.29, 0.717) is 6.54 Å². The summed E-state index contributed by atoms with van der Waals surface area (Å²) in [4.78, 5) is 14.6. The minimum atomic E-state index is -0.0687. The summed E-state index contributed by atoms with van der Waals surface area (Å²) in [5, 5.41) is 12.7. The number of amides is 1. The average Bonchev–Trinajstić information content (AvgIpc) is 2.55. The second-order valence-corrected chi connectivity index (χ2v) is 7.10. The number of piperidine rings is 1. The van der Waals surface area contributed by atoms with Crippen LogP contribution < -0.4 is 5.32 Å².